The fourth-order valence-corrected chi connectivity index (χ4v) is 4.78. The lowest BCUT2D eigenvalue weighted by Crippen LogP contribution is -2.31. The van der Waals surface area contributed by atoms with Crippen LogP contribution in [0, 0.1) is 0 Å². The van der Waals surface area contributed by atoms with Gasteiger partial charge in [-0.25, -0.2) is 4.68 Å². The van der Waals surface area contributed by atoms with Crippen LogP contribution >= 0.6 is 23.1 Å². The summed E-state index contributed by atoms with van der Waals surface area (Å²) in [6.07, 6.45) is 2.13. The van der Waals surface area contributed by atoms with Crippen LogP contribution in [0.2, 0.25) is 0 Å². The van der Waals surface area contributed by atoms with Crippen LogP contribution in [0.1, 0.15) is 23.7 Å². The molecule has 0 saturated carbocycles. The number of likely N-dealkylation sites (tertiary alicyclic amines) is 1. The quantitative estimate of drug-likeness (QED) is 0.539. The molecule has 0 spiro atoms. The van der Waals surface area contributed by atoms with Crippen LogP contribution in [-0.2, 0) is 4.79 Å². The third-order valence-corrected chi connectivity index (χ3v) is 6.44. The molecule has 1 saturated heterocycles. The molecule has 134 valence electrons. The van der Waals surface area contributed by atoms with Gasteiger partial charge in [0.15, 0.2) is 5.82 Å². The summed E-state index contributed by atoms with van der Waals surface area (Å²) in [7, 11) is 0. The van der Waals surface area contributed by atoms with E-state index in [0.717, 1.165) is 36.4 Å². The molecule has 0 aliphatic carbocycles. The van der Waals surface area contributed by atoms with Crippen molar-refractivity contribution in [2.75, 3.05) is 18.9 Å². The molecule has 1 aliphatic heterocycles. The molecule has 1 aromatic carbocycles. The van der Waals surface area contributed by atoms with Crippen molar-refractivity contribution in [1.29, 1.82) is 0 Å². The van der Waals surface area contributed by atoms with E-state index in [1.807, 2.05) is 52.7 Å². The fraction of sp³-hybridized carbons (Fsp3) is 0.278. The van der Waals surface area contributed by atoms with Crippen LogP contribution in [0.3, 0.4) is 0 Å². The Balaban J connectivity index is 1.64. The lowest BCUT2D eigenvalue weighted by molar-refractivity contribution is -0.129. The number of rotatable bonds is 5. The van der Waals surface area contributed by atoms with Crippen molar-refractivity contribution in [3.63, 3.8) is 0 Å². The van der Waals surface area contributed by atoms with Gasteiger partial charge in [0.25, 0.3) is 0 Å². The number of nitrogens with zero attached hydrogens (tertiary/aromatic N) is 4. The molecule has 0 bridgehead atoms. The van der Waals surface area contributed by atoms with Gasteiger partial charge in [-0.2, -0.15) is 0 Å². The van der Waals surface area contributed by atoms with E-state index in [-0.39, 0.29) is 11.2 Å². The molecule has 6 nitrogen and oxygen atoms in total. The number of thiophene rings is 1. The number of amides is 1. The van der Waals surface area contributed by atoms with Crippen molar-refractivity contribution in [2.24, 2.45) is 0 Å². The third-order valence-electron chi connectivity index (χ3n) is 4.37. The summed E-state index contributed by atoms with van der Waals surface area (Å²) in [4.78, 5) is 16.0. The van der Waals surface area contributed by atoms with Crippen molar-refractivity contribution in [3.8, 4) is 10.7 Å². The highest BCUT2D eigenvalue weighted by atomic mass is 32.2. The van der Waals surface area contributed by atoms with Crippen LogP contribution in [0.25, 0.3) is 10.7 Å². The monoisotopic (exact) mass is 385 g/mol. The average molecular weight is 386 g/mol. The molecule has 1 amide bonds. The molecule has 2 aromatic heterocycles. The SMILES string of the molecule is Nn1c(S[C@@H](C(=O)N2CCCC2)c2ccccc2)nnc1-c1cccs1. The maximum absolute atomic E-state index is 13.1. The van der Waals surface area contributed by atoms with Gasteiger partial charge in [-0.3, -0.25) is 4.79 Å². The number of carbonyl (C=O) groups excluding carboxylic acids is 1. The van der Waals surface area contributed by atoms with Crippen molar-refractivity contribution >= 4 is 29.0 Å². The molecule has 2 N–H and O–H groups in total. The second-order valence-corrected chi connectivity index (χ2v) is 8.11. The van der Waals surface area contributed by atoms with Gasteiger partial charge in [0.1, 0.15) is 5.25 Å². The van der Waals surface area contributed by atoms with Crippen molar-refractivity contribution in [2.45, 2.75) is 23.2 Å². The minimum absolute atomic E-state index is 0.111. The number of carbonyl (C=O) groups is 1. The second kappa shape index (κ2) is 7.51. The number of hydrogen-bond acceptors (Lipinski definition) is 6. The minimum Gasteiger partial charge on any atom is -0.341 e. The highest BCUT2D eigenvalue weighted by Crippen LogP contribution is 2.37. The Morgan fingerprint density at radius 1 is 1.12 bits per heavy atom. The van der Waals surface area contributed by atoms with E-state index in [9.17, 15) is 4.79 Å². The van der Waals surface area contributed by atoms with Crippen LogP contribution in [0.15, 0.2) is 53.0 Å². The number of hydrogen-bond donors (Lipinski definition) is 1. The normalized spacial score (nSPS) is 15.3. The van der Waals surface area contributed by atoms with E-state index in [0.29, 0.717) is 11.0 Å². The van der Waals surface area contributed by atoms with Crippen molar-refractivity contribution in [1.82, 2.24) is 19.8 Å². The summed E-state index contributed by atoms with van der Waals surface area (Å²) < 4.78 is 1.48. The molecular formula is C18H19N5OS2. The van der Waals surface area contributed by atoms with Gasteiger partial charge >= 0.3 is 0 Å². The van der Waals surface area contributed by atoms with E-state index < -0.39 is 0 Å². The summed E-state index contributed by atoms with van der Waals surface area (Å²) in [5, 5.41) is 10.6. The number of nitrogens with two attached hydrogens (primary N) is 1. The Kier molecular flexibility index (Phi) is 4.94. The molecule has 3 aromatic rings. The molecule has 26 heavy (non-hydrogen) atoms. The summed E-state index contributed by atoms with van der Waals surface area (Å²) in [5.41, 5.74) is 0.954. The Morgan fingerprint density at radius 2 is 1.88 bits per heavy atom. The molecule has 8 heteroatoms. The minimum atomic E-state index is -0.378. The molecule has 1 aliphatic rings. The van der Waals surface area contributed by atoms with Crippen molar-refractivity contribution < 1.29 is 4.79 Å². The van der Waals surface area contributed by atoms with Gasteiger partial charge in [-0.1, -0.05) is 48.2 Å². The van der Waals surface area contributed by atoms with Crippen LogP contribution in [-0.4, -0.2) is 38.8 Å². The number of thioether (sulfide) groups is 1. The smallest absolute Gasteiger partial charge is 0.240 e. The van der Waals surface area contributed by atoms with E-state index >= 15 is 0 Å². The van der Waals surface area contributed by atoms with Gasteiger partial charge in [-0.05, 0) is 29.9 Å². The van der Waals surface area contributed by atoms with E-state index in [1.54, 1.807) is 11.3 Å². The van der Waals surface area contributed by atoms with Gasteiger partial charge in [0, 0.05) is 13.1 Å². The fourth-order valence-electron chi connectivity index (χ4n) is 3.03. The first kappa shape index (κ1) is 17.1. The topological polar surface area (TPSA) is 77.0 Å². The number of aromatic nitrogens is 3. The lowest BCUT2D eigenvalue weighted by Gasteiger charge is -2.22. The molecule has 4 rings (SSSR count). The van der Waals surface area contributed by atoms with E-state index in [2.05, 4.69) is 10.2 Å². The summed E-state index contributed by atoms with van der Waals surface area (Å²) in [6, 6.07) is 13.7. The highest BCUT2D eigenvalue weighted by Gasteiger charge is 2.30. The lowest BCUT2D eigenvalue weighted by atomic mass is 10.1. The van der Waals surface area contributed by atoms with Gasteiger partial charge in [-0.15, -0.1) is 21.5 Å². The molecule has 3 heterocycles. The summed E-state index contributed by atoms with van der Waals surface area (Å²) >= 11 is 2.92. The molecular weight excluding hydrogens is 366 g/mol. The highest BCUT2D eigenvalue weighted by molar-refractivity contribution is 8.00. The Morgan fingerprint density at radius 3 is 2.58 bits per heavy atom. The maximum Gasteiger partial charge on any atom is 0.240 e. The first-order valence-corrected chi connectivity index (χ1v) is 10.2. The van der Waals surface area contributed by atoms with Crippen LogP contribution in [0.4, 0.5) is 0 Å². The average Bonchev–Trinajstić information content (AvgIpc) is 3.42. The predicted molar refractivity (Wildman–Crippen MR) is 104 cm³/mol. The Labute approximate surface area is 160 Å². The summed E-state index contributed by atoms with van der Waals surface area (Å²) in [6.45, 7) is 1.64. The predicted octanol–water partition coefficient (Wildman–Crippen LogP) is 3.18. The first-order valence-electron chi connectivity index (χ1n) is 8.49. The van der Waals surface area contributed by atoms with E-state index in [4.69, 9.17) is 5.84 Å². The van der Waals surface area contributed by atoms with Crippen molar-refractivity contribution in [3.05, 3.63) is 53.4 Å². The Hall–Kier alpha value is -2.32. The number of benzene rings is 1. The Bertz CT molecular complexity index is 872. The third kappa shape index (κ3) is 3.34. The first-order chi connectivity index (χ1) is 12.7. The zero-order valence-electron chi connectivity index (χ0n) is 14.1. The zero-order valence-corrected chi connectivity index (χ0v) is 15.7. The van der Waals surface area contributed by atoms with Gasteiger partial charge < -0.3 is 10.7 Å². The molecule has 0 unspecified atom stereocenters. The molecule has 1 atom stereocenters. The molecule has 1 fully saturated rings. The van der Waals surface area contributed by atoms with Crippen LogP contribution in [0.5, 0.6) is 0 Å². The van der Waals surface area contributed by atoms with Gasteiger partial charge in [0.05, 0.1) is 4.88 Å². The van der Waals surface area contributed by atoms with E-state index in [1.165, 1.54) is 16.4 Å². The second-order valence-electron chi connectivity index (χ2n) is 6.09. The zero-order chi connectivity index (χ0) is 17.9. The van der Waals surface area contributed by atoms with Crippen LogP contribution < -0.4 is 5.84 Å². The summed E-state index contributed by atoms with van der Waals surface area (Å²) in [5.74, 6) is 6.95. The largest absolute Gasteiger partial charge is 0.341 e. The maximum atomic E-state index is 13.1. The standard InChI is InChI=1S/C18H19N5OS2/c19-23-16(14-9-6-12-25-14)20-21-18(23)26-15(13-7-2-1-3-8-13)17(24)22-10-4-5-11-22/h1-3,6-9,12,15H,4-5,10-11,19H2/t15-/m1/s1. The molecule has 0 radical (unpaired) electrons. The number of nitrogen functional groups attached to an aromatic ring is 1. The van der Waals surface area contributed by atoms with Gasteiger partial charge in [0.2, 0.25) is 11.1 Å².